The Labute approximate surface area is 83.2 Å². The third-order valence-corrected chi connectivity index (χ3v) is 2.35. The lowest BCUT2D eigenvalue weighted by molar-refractivity contribution is -0.122. The molecule has 0 fully saturated rings. The lowest BCUT2D eigenvalue weighted by Gasteiger charge is -2.20. The average molecular weight is 188 g/mol. The van der Waals surface area contributed by atoms with E-state index in [1.54, 1.807) is 38.1 Å². The largest absolute Gasteiger partial charge is 0.369 e. The van der Waals surface area contributed by atoms with Gasteiger partial charge in [0, 0.05) is 0 Å². The number of nitrogens with two attached hydrogens (primary N) is 1. The van der Waals surface area contributed by atoms with E-state index in [1.165, 1.54) is 0 Å². The number of nitrogens with zero attached hydrogens (tertiary/aromatic N) is 1. The minimum absolute atomic E-state index is 0.373. The Kier molecular flexibility index (Phi) is 2.57. The maximum atomic E-state index is 11.1. The van der Waals surface area contributed by atoms with Gasteiger partial charge in [-0.05, 0) is 31.5 Å². The van der Waals surface area contributed by atoms with Crippen molar-refractivity contribution in [2.45, 2.75) is 19.3 Å². The summed E-state index contributed by atoms with van der Waals surface area (Å²) in [5.41, 5.74) is 5.98. The molecule has 0 aliphatic heterocycles. The molecular formula is C11H12N2O. The highest BCUT2D eigenvalue weighted by Crippen LogP contribution is 2.22. The van der Waals surface area contributed by atoms with Crippen LogP contribution in [0.25, 0.3) is 0 Å². The Morgan fingerprint density at radius 2 is 1.86 bits per heavy atom. The van der Waals surface area contributed by atoms with Crippen LogP contribution in [0.2, 0.25) is 0 Å². The number of hydrogen-bond donors (Lipinski definition) is 1. The van der Waals surface area contributed by atoms with Crippen molar-refractivity contribution in [3.8, 4) is 6.07 Å². The summed E-state index contributed by atoms with van der Waals surface area (Å²) in [6, 6.07) is 8.89. The van der Waals surface area contributed by atoms with E-state index in [4.69, 9.17) is 11.0 Å². The molecule has 1 rings (SSSR count). The molecule has 0 unspecified atom stereocenters. The first-order valence-corrected chi connectivity index (χ1v) is 4.29. The predicted molar refractivity (Wildman–Crippen MR) is 53.4 cm³/mol. The summed E-state index contributed by atoms with van der Waals surface area (Å²) in [5, 5.41) is 8.60. The third-order valence-electron chi connectivity index (χ3n) is 2.35. The zero-order valence-corrected chi connectivity index (χ0v) is 8.24. The van der Waals surface area contributed by atoms with Gasteiger partial charge < -0.3 is 5.73 Å². The van der Waals surface area contributed by atoms with Crippen molar-refractivity contribution in [2.24, 2.45) is 5.73 Å². The molecule has 0 spiro atoms. The van der Waals surface area contributed by atoms with Crippen LogP contribution in [-0.4, -0.2) is 5.91 Å². The molecule has 0 aromatic heterocycles. The lowest BCUT2D eigenvalue weighted by Crippen LogP contribution is -2.35. The van der Waals surface area contributed by atoms with Crippen molar-refractivity contribution >= 4 is 5.91 Å². The first-order valence-electron chi connectivity index (χ1n) is 4.29. The molecule has 0 heterocycles. The van der Waals surface area contributed by atoms with E-state index in [1.807, 2.05) is 6.07 Å². The van der Waals surface area contributed by atoms with Crippen LogP contribution in [0.15, 0.2) is 24.3 Å². The number of amides is 1. The summed E-state index contributed by atoms with van der Waals surface area (Å²) in [7, 11) is 0. The maximum Gasteiger partial charge on any atom is 0.227 e. The molecule has 2 N–H and O–H groups in total. The Bertz CT molecular complexity index is 385. The SMILES string of the molecule is CC(C)(C(N)=O)c1ccc(C#N)cc1. The number of hydrogen-bond acceptors (Lipinski definition) is 2. The van der Waals surface area contributed by atoms with Gasteiger partial charge >= 0.3 is 0 Å². The molecule has 0 saturated heterocycles. The fourth-order valence-electron chi connectivity index (χ4n) is 1.10. The van der Waals surface area contributed by atoms with Gasteiger partial charge in [0.2, 0.25) is 5.91 Å². The van der Waals surface area contributed by atoms with Crippen molar-refractivity contribution < 1.29 is 4.79 Å². The second kappa shape index (κ2) is 3.51. The van der Waals surface area contributed by atoms with E-state index in [-0.39, 0.29) is 5.91 Å². The smallest absolute Gasteiger partial charge is 0.227 e. The summed E-state index contributed by atoms with van der Waals surface area (Å²) in [4.78, 5) is 11.1. The van der Waals surface area contributed by atoms with Crippen LogP contribution in [-0.2, 0) is 10.2 Å². The highest BCUT2D eigenvalue weighted by Gasteiger charge is 2.26. The fourth-order valence-corrected chi connectivity index (χ4v) is 1.10. The summed E-state index contributed by atoms with van der Waals surface area (Å²) in [6.45, 7) is 3.52. The molecule has 3 heteroatoms. The van der Waals surface area contributed by atoms with Crippen molar-refractivity contribution in [2.75, 3.05) is 0 Å². The van der Waals surface area contributed by atoms with Gasteiger partial charge in [0.1, 0.15) is 0 Å². The molecule has 0 radical (unpaired) electrons. The van der Waals surface area contributed by atoms with Crippen molar-refractivity contribution in [3.63, 3.8) is 0 Å². The van der Waals surface area contributed by atoms with Gasteiger partial charge in [-0.3, -0.25) is 4.79 Å². The Balaban J connectivity index is 3.10. The quantitative estimate of drug-likeness (QED) is 0.760. The van der Waals surface area contributed by atoms with Crippen molar-refractivity contribution in [1.82, 2.24) is 0 Å². The first kappa shape index (κ1) is 10.3. The molecule has 3 nitrogen and oxygen atoms in total. The van der Waals surface area contributed by atoms with Gasteiger partial charge in [-0.15, -0.1) is 0 Å². The summed E-state index contributed by atoms with van der Waals surface area (Å²) in [6.07, 6.45) is 0. The van der Waals surface area contributed by atoms with Crippen LogP contribution in [0.4, 0.5) is 0 Å². The van der Waals surface area contributed by atoms with Crippen LogP contribution >= 0.6 is 0 Å². The van der Waals surface area contributed by atoms with Gasteiger partial charge in [-0.25, -0.2) is 0 Å². The number of benzene rings is 1. The first-order chi connectivity index (χ1) is 6.48. The molecule has 1 aromatic carbocycles. The van der Waals surface area contributed by atoms with E-state index in [0.717, 1.165) is 5.56 Å². The van der Waals surface area contributed by atoms with E-state index in [9.17, 15) is 4.79 Å². The highest BCUT2D eigenvalue weighted by atomic mass is 16.1. The summed E-state index contributed by atoms with van der Waals surface area (Å²) < 4.78 is 0. The molecule has 1 aromatic rings. The molecule has 0 bridgehead atoms. The van der Waals surface area contributed by atoms with Gasteiger partial charge in [-0.2, -0.15) is 5.26 Å². The fraction of sp³-hybridized carbons (Fsp3) is 0.273. The Hall–Kier alpha value is -1.82. The minimum atomic E-state index is -0.687. The van der Waals surface area contributed by atoms with Gasteiger partial charge in [0.05, 0.1) is 17.0 Å². The molecule has 1 amide bonds. The molecule has 0 saturated carbocycles. The van der Waals surface area contributed by atoms with Crippen LogP contribution in [0.5, 0.6) is 0 Å². The Morgan fingerprint density at radius 3 is 2.21 bits per heavy atom. The van der Waals surface area contributed by atoms with E-state index in [0.29, 0.717) is 5.56 Å². The number of nitriles is 1. The van der Waals surface area contributed by atoms with Gasteiger partial charge in [-0.1, -0.05) is 12.1 Å². The van der Waals surface area contributed by atoms with Gasteiger partial charge in [0.15, 0.2) is 0 Å². The van der Waals surface area contributed by atoms with Crippen LogP contribution in [0.1, 0.15) is 25.0 Å². The second-order valence-corrected chi connectivity index (χ2v) is 3.68. The van der Waals surface area contributed by atoms with Crippen molar-refractivity contribution in [1.29, 1.82) is 5.26 Å². The zero-order chi connectivity index (χ0) is 10.8. The highest BCUT2D eigenvalue weighted by molar-refractivity contribution is 5.85. The number of carbonyl (C=O) groups excluding carboxylic acids is 1. The summed E-state index contributed by atoms with van der Waals surface area (Å²) >= 11 is 0. The zero-order valence-electron chi connectivity index (χ0n) is 8.24. The van der Waals surface area contributed by atoms with Gasteiger partial charge in [0.25, 0.3) is 0 Å². The van der Waals surface area contributed by atoms with Crippen LogP contribution in [0.3, 0.4) is 0 Å². The molecule has 72 valence electrons. The number of rotatable bonds is 2. The van der Waals surface area contributed by atoms with Crippen LogP contribution < -0.4 is 5.73 Å². The molecular weight excluding hydrogens is 176 g/mol. The monoisotopic (exact) mass is 188 g/mol. The molecule has 14 heavy (non-hydrogen) atoms. The van der Waals surface area contributed by atoms with Crippen LogP contribution in [0, 0.1) is 11.3 Å². The minimum Gasteiger partial charge on any atom is -0.369 e. The topological polar surface area (TPSA) is 66.9 Å². The van der Waals surface area contributed by atoms with Crippen molar-refractivity contribution in [3.05, 3.63) is 35.4 Å². The van der Waals surface area contributed by atoms with E-state index >= 15 is 0 Å². The lowest BCUT2D eigenvalue weighted by atomic mass is 9.84. The Morgan fingerprint density at radius 1 is 1.36 bits per heavy atom. The number of primary amides is 1. The number of carbonyl (C=O) groups is 1. The summed E-state index contributed by atoms with van der Waals surface area (Å²) in [5.74, 6) is -0.373. The van der Waals surface area contributed by atoms with E-state index < -0.39 is 5.41 Å². The maximum absolute atomic E-state index is 11.1. The third kappa shape index (κ3) is 1.74. The molecule has 0 aliphatic rings. The normalized spacial score (nSPS) is 10.6. The second-order valence-electron chi connectivity index (χ2n) is 3.68. The molecule has 0 aliphatic carbocycles. The molecule has 0 atom stereocenters. The average Bonchev–Trinajstić information content (AvgIpc) is 2.17. The standard InChI is InChI=1S/C11H12N2O/c1-11(2,10(13)14)9-5-3-8(7-12)4-6-9/h3-6H,1-2H3,(H2,13,14). The van der Waals surface area contributed by atoms with E-state index in [2.05, 4.69) is 0 Å². The predicted octanol–water partition coefficient (Wildman–Crippen LogP) is 1.32.